The molecule has 1 unspecified atom stereocenters. The molecule has 10 heteroatoms. The lowest BCUT2D eigenvalue weighted by atomic mass is 9.90. The number of fused-ring (bicyclic) bond motifs is 4. The fourth-order valence-electron chi connectivity index (χ4n) is 5.00. The van der Waals surface area contributed by atoms with Crippen LogP contribution in [-0.2, 0) is 20.5 Å². The smallest absolute Gasteiger partial charge is 0.254 e. The predicted molar refractivity (Wildman–Crippen MR) is 127 cm³/mol. The number of hydrogen-bond acceptors (Lipinski definition) is 7. The molecule has 10 nitrogen and oxygen atoms in total. The van der Waals surface area contributed by atoms with Gasteiger partial charge in [0.1, 0.15) is 11.5 Å². The third-order valence-electron chi connectivity index (χ3n) is 6.75. The van der Waals surface area contributed by atoms with Crippen LogP contribution in [0.5, 0.6) is 0 Å². The number of aromatic nitrogens is 6. The highest BCUT2D eigenvalue weighted by atomic mass is 16.5. The molecule has 1 aliphatic carbocycles. The van der Waals surface area contributed by atoms with Gasteiger partial charge < -0.3 is 15.2 Å². The van der Waals surface area contributed by atoms with Gasteiger partial charge in [0.15, 0.2) is 5.76 Å². The maximum atomic E-state index is 13.6. The van der Waals surface area contributed by atoms with Gasteiger partial charge in [-0.05, 0) is 37.5 Å². The number of aryl methyl sites for hydroxylation is 2. The minimum atomic E-state index is -0.189. The summed E-state index contributed by atoms with van der Waals surface area (Å²) in [6.07, 6.45) is 8.03. The zero-order chi connectivity index (χ0) is 23.6. The molecule has 34 heavy (non-hydrogen) atoms. The highest BCUT2D eigenvalue weighted by Crippen LogP contribution is 2.39. The van der Waals surface area contributed by atoms with Crippen LogP contribution in [0.25, 0.3) is 33.1 Å². The van der Waals surface area contributed by atoms with Crippen LogP contribution >= 0.6 is 0 Å². The molecule has 1 atom stereocenters. The molecular weight excluding hydrogens is 432 g/mol. The summed E-state index contributed by atoms with van der Waals surface area (Å²) in [5.41, 5.74) is 11.0. The second-order valence-corrected chi connectivity index (χ2v) is 8.86. The maximum absolute atomic E-state index is 13.6. The average Bonchev–Trinajstić information content (AvgIpc) is 3.56. The monoisotopic (exact) mass is 456 g/mol. The van der Waals surface area contributed by atoms with Gasteiger partial charge in [-0.15, -0.1) is 0 Å². The number of hydrogen-bond donors (Lipinski definition) is 1. The number of pyridine rings is 1. The van der Waals surface area contributed by atoms with E-state index in [-0.39, 0.29) is 11.9 Å². The van der Waals surface area contributed by atoms with E-state index >= 15 is 0 Å². The number of benzene rings is 1. The fourth-order valence-corrected chi connectivity index (χ4v) is 5.00. The van der Waals surface area contributed by atoms with Gasteiger partial charge in [-0.3, -0.25) is 14.2 Å². The Hall–Kier alpha value is -4.21. The van der Waals surface area contributed by atoms with Crippen molar-refractivity contribution in [2.24, 2.45) is 14.1 Å². The van der Waals surface area contributed by atoms with Crippen molar-refractivity contribution in [1.82, 2.24) is 34.6 Å². The van der Waals surface area contributed by atoms with Crippen LogP contribution in [0.3, 0.4) is 0 Å². The van der Waals surface area contributed by atoms with Crippen LogP contribution < -0.4 is 5.73 Å². The summed E-state index contributed by atoms with van der Waals surface area (Å²) < 4.78 is 9.30. The van der Waals surface area contributed by atoms with Gasteiger partial charge in [-0.1, -0.05) is 5.16 Å². The first kappa shape index (κ1) is 20.4. The van der Waals surface area contributed by atoms with Gasteiger partial charge >= 0.3 is 0 Å². The Bertz CT molecular complexity index is 1580. The van der Waals surface area contributed by atoms with Gasteiger partial charge in [0.2, 0.25) is 0 Å². The Labute approximate surface area is 194 Å². The number of amides is 1. The van der Waals surface area contributed by atoms with Crippen LogP contribution in [0.1, 0.15) is 40.6 Å². The van der Waals surface area contributed by atoms with Crippen molar-refractivity contribution in [1.29, 1.82) is 0 Å². The minimum Gasteiger partial charge on any atom is -0.383 e. The van der Waals surface area contributed by atoms with Crippen LogP contribution in [0.2, 0.25) is 0 Å². The normalized spacial score (nSPS) is 15.7. The second kappa shape index (κ2) is 7.41. The van der Waals surface area contributed by atoms with Gasteiger partial charge in [0.25, 0.3) is 5.91 Å². The highest BCUT2D eigenvalue weighted by molar-refractivity contribution is 6.10. The number of rotatable bonds is 3. The van der Waals surface area contributed by atoms with Crippen LogP contribution in [0.4, 0.5) is 5.82 Å². The Morgan fingerprint density at radius 1 is 1.21 bits per heavy atom. The first-order valence-corrected chi connectivity index (χ1v) is 11.2. The van der Waals surface area contributed by atoms with Crippen molar-refractivity contribution in [3.63, 3.8) is 0 Å². The van der Waals surface area contributed by atoms with E-state index < -0.39 is 0 Å². The number of nitrogen functional groups attached to an aromatic ring is 1. The van der Waals surface area contributed by atoms with Crippen molar-refractivity contribution >= 4 is 33.5 Å². The second-order valence-electron chi connectivity index (χ2n) is 8.86. The number of nitrogens with zero attached hydrogens (tertiary/aromatic N) is 7. The van der Waals surface area contributed by atoms with Gasteiger partial charge in [-0.2, -0.15) is 10.2 Å². The summed E-state index contributed by atoms with van der Waals surface area (Å²) in [7, 11) is 5.55. The first-order chi connectivity index (χ1) is 16.4. The molecule has 172 valence electrons. The zero-order valence-corrected chi connectivity index (χ0v) is 19.2. The van der Waals surface area contributed by atoms with E-state index in [2.05, 4.69) is 20.3 Å². The number of nitrogens with two attached hydrogens (primary N) is 1. The number of carbonyl (C=O) groups excluding carboxylic acids is 1. The minimum absolute atomic E-state index is 0.0915. The van der Waals surface area contributed by atoms with Crippen LogP contribution in [-0.4, -0.2) is 47.6 Å². The van der Waals surface area contributed by atoms with Crippen molar-refractivity contribution in [2.45, 2.75) is 25.3 Å². The molecule has 0 bridgehead atoms. The Kier molecular flexibility index (Phi) is 4.44. The molecule has 1 amide bonds. The van der Waals surface area contributed by atoms with Crippen LogP contribution in [0, 0.1) is 0 Å². The fraction of sp³-hybridized carbons (Fsp3) is 0.292. The first-order valence-electron chi connectivity index (χ1n) is 11.2. The van der Waals surface area contributed by atoms with Gasteiger partial charge in [0, 0.05) is 49.4 Å². The van der Waals surface area contributed by atoms with E-state index in [0.717, 1.165) is 63.6 Å². The van der Waals surface area contributed by atoms with E-state index in [1.54, 1.807) is 32.7 Å². The molecule has 2 N–H and O–H groups in total. The molecule has 1 aliphatic rings. The predicted octanol–water partition coefficient (Wildman–Crippen LogP) is 3.24. The zero-order valence-electron chi connectivity index (χ0n) is 19.2. The Morgan fingerprint density at radius 2 is 2.06 bits per heavy atom. The summed E-state index contributed by atoms with van der Waals surface area (Å²) in [6.45, 7) is 0. The Balaban J connectivity index is 1.37. The molecule has 0 saturated carbocycles. The molecule has 4 aromatic heterocycles. The average molecular weight is 457 g/mol. The number of carbonyl (C=O) groups is 1. The molecule has 0 aliphatic heterocycles. The third-order valence-corrected chi connectivity index (χ3v) is 6.75. The van der Waals surface area contributed by atoms with E-state index in [9.17, 15) is 4.79 Å². The number of anilines is 1. The van der Waals surface area contributed by atoms with Crippen molar-refractivity contribution in [3.8, 4) is 11.3 Å². The van der Waals surface area contributed by atoms with E-state index in [4.69, 9.17) is 10.3 Å². The third kappa shape index (κ3) is 2.98. The molecule has 0 saturated heterocycles. The van der Waals surface area contributed by atoms with Gasteiger partial charge in [0.05, 0.1) is 34.9 Å². The summed E-state index contributed by atoms with van der Waals surface area (Å²) in [5.74, 6) is 1.09. The maximum Gasteiger partial charge on any atom is 0.254 e. The van der Waals surface area contributed by atoms with Crippen molar-refractivity contribution in [3.05, 3.63) is 53.7 Å². The summed E-state index contributed by atoms with van der Waals surface area (Å²) in [5, 5.41) is 14.5. The SMILES string of the molecule is CN(C(=O)c1ccc2nc(N)c3cnn(C)c3c2c1)C1CCCc2c(-c3cnn(C)c3)noc21. The van der Waals surface area contributed by atoms with Crippen LogP contribution in [0.15, 0.2) is 41.3 Å². The topological polar surface area (TPSA) is 121 Å². The lowest BCUT2D eigenvalue weighted by molar-refractivity contribution is 0.0685. The summed E-state index contributed by atoms with van der Waals surface area (Å²) >= 11 is 0. The molecular formula is C24H24N8O2. The van der Waals surface area contributed by atoms with E-state index in [0.29, 0.717) is 11.4 Å². The quantitative estimate of drug-likeness (QED) is 0.442. The molecule has 0 spiro atoms. The molecule has 5 aromatic rings. The molecule has 1 aromatic carbocycles. The van der Waals surface area contributed by atoms with Crippen molar-refractivity contribution in [2.75, 3.05) is 12.8 Å². The molecule has 0 fully saturated rings. The standard InChI is InChI=1S/C24H24N8O2/c1-30-12-14(10-26-30)20-15-5-4-6-19(22(15)34-29-20)31(2)24(33)13-7-8-18-16(9-13)21-17(23(25)28-18)11-27-32(21)3/h7-12,19H,4-6H2,1-3H3,(H2,25,28). The van der Waals surface area contributed by atoms with Gasteiger partial charge in [-0.25, -0.2) is 4.98 Å². The summed E-state index contributed by atoms with van der Waals surface area (Å²) in [6, 6.07) is 5.31. The van der Waals surface area contributed by atoms with E-state index in [1.807, 2.05) is 39.5 Å². The highest BCUT2D eigenvalue weighted by Gasteiger charge is 2.33. The summed E-state index contributed by atoms with van der Waals surface area (Å²) in [4.78, 5) is 19.8. The van der Waals surface area contributed by atoms with Crippen molar-refractivity contribution < 1.29 is 9.32 Å². The Morgan fingerprint density at radius 3 is 2.85 bits per heavy atom. The lowest BCUT2D eigenvalue weighted by Gasteiger charge is -2.30. The molecule has 0 radical (unpaired) electrons. The van der Waals surface area contributed by atoms with E-state index in [1.165, 1.54) is 0 Å². The molecule has 6 rings (SSSR count). The lowest BCUT2D eigenvalue weighted by Crippen LogP contribution is -2.33. The molecule has 4 heterocycles. The largest absolute Gasteiger partial charge is 0.383 e.